The van der Waals surface area contributed by atoms with Gasteiger partial charge >= 0.3 is 0 Å². The minimum Gasteiger partial charge on any atom is -0.482 e. The Morgan fingerprint density at radius 2 is 2.38 bits per heavy atom. The summed E-state index contributed by atoms with van der Waals surface area (Å²) in [6, 6.07) is 3.64. The van der Waals surface area contributed by atoms with Gasteiger partial charge in [-0.1, -0.05) is 0 Å². The van der Waals surface area contributed by atoms with Crippen molar-refractivity contribution in [3.63, 3.8) is 0 Å². The fourth-order valence-corrected chi connectivity index (χ4v) is 0.902. The molecule has 0 radical (unpaired) electrons. The molecule has 0 N–H and O–H groups in total. The second kappa shape index (κ2) is 3.71. The number of pyridine rings is 1. The standard InChI is InChI=1S/C9H8N2O2/c1-2-8(6-10-3-1)13-7-9-11-4-5-12-9/h1-6H,7H2. The fraction of sp³-hybridized carbons (Fsp3) is 0.111. The third-order valence-electron chi connectivity index (χ3n) is 1.48. The van der Waals surface area contributed by atoms with Gasteiger partial charge in [-0.2, -0.15) is 0 Å². The maximum Gasteiger partial charge on any atom is 0.232 e. The lowest BCUT2D eigenvalue weighted by atomic mass is 10.5. The predicted octanol–water partition coefficient (Wildman–Crippen LogP) is 1.65. The molecule has 0 unspecified atom stereocenters. The minimum absolute atomic E-state index is 0.332. The molecule has 0 aliphatic rings. The molecule has 2 rings (SSSR count). The summed E-state index contributed by atoms with van der Waals surface area (Å²) in [6.45, 7) is 0.332. The lowest BCUT2D eigenvalue weighted by molar-refractivity contribution is 0.262. The highest BCUT2D eigenvalue weighted by Crippen LogP contribution is 2.08. The van der Waals surface area contributed by atoms with Crippen molar-refractivity contribution in [1.82, 2.24) is 9.97 Å². The van der Waals surface area contributed by atoms with Crippen LogP contribution in [0.1, 0.15) is 5.89 Å². The van der Waals surface area contributed by atoms with E-state index in [1.165, 1.54) is 6.26 Å². The van der Waals surface area contributed by atoms with Crippen LogP contribution >= 0.6 is 0 Å². The molecule has 0 aliphatic heterocycles. The van der Waals surface area contributed by atoms with Gasteiger partial charge in [0, 0.05) is 6.20 Å². The highest BCUT2D eigenvalue weighted by molar-refractivity contribution is 5.15. The molecule has 0 bridgehead atoms. The van der Waals surface area contributed by atoms with Crippen LogP contribution in [0, 0.1) is 0 Å². The Labute approximate surface area is 75.2 Å². The highest BCUT2D eigenvalue weighted by Gasteiger charge is 1.97. The lowest BCUT2D eigenvalue weighted by Crippen LogP contribution is -1.95. The van der Waals surface area contributed by atoms with Crippen LogP contribution in [-0.4, -0.2) is 9.97 Å². The maximum absolute atomic E-state index is 5.33. The van der Waals surface area contributed by atoms with E-state index in [1.807, 2.05) is 12.1 Å². The molecule has 2 aromatic rings. The summed E-state index contributed by atoms with van der Waals surface area (Å²) < 4.78 is 10.3. The molecule has 2 aromatic heterocycles. The van der Waals surface area contributed by atoms with Gasteiger partial charge in [0.2, 0.25) is 5.89 Å². The molecule has 2 heterocycles. The largest absolute Gasteiger partial charge is 0.482 e. The Hall–Kier alpha value is -1.84. The zero-order chi connectivity index (χ0) is 8.93. The molecular weight excluding hydrogens is 168 g/mol. The summed E-state index contributed by atoms with van der Waals surface area (Å²) in [7, 11) is 0. The van der Waals surface area contributed by atoms with Crippen molar-refractivity contribution in [2.24, 2.45) is 0 Å². The first-order valence-corrected chi connectivity index (χ1v) is 3.86. The van der Waals surface area contributed by atoms with E-state index in [0.29, 0.717) is 18.2 Å². The minimum atomic E-state index is 0.332. The summed E-state index contributed by atoms with van der Waals surface area (Å²) in [5.74, 6) is 1.27. The van der Waals surface area contributed by atoms with Gasteiger partial charge in [0.15, 0.2) is 6.61 Å². The average molecular weight is 176 g/mol. The summed E-state index contributed by atoms with van der Waals surface area (Å²) in [5.41, 5.74) is 0. The molecule has 13 heavy (non-hydrogen) atoms. The molecule has 0 fully saturated rings. The van der Waals surface area contributed by atoms with Crippen LogP contribution < -0.4 is 4.74 Å². The second-order valence-electron chi connectivity index (χ2n) is 2.40. The SMILES string of the molecule is c1cncc(OCc2ncco2)c1. The van der Waals surface area contributed by atoms with Crippen molar-refractivity contribution in [1.29, 1.82) is 0 Å². The molecule has 66 valence electrons. The van der Waals surface area contributed by atoms with Gasteiger partial charge in [0.05, 0.1) is 12.4 Å². The van der Waals surface area contributed by atoms with E-state index >= 15 is 0 Å². The normalized spacial score (nSPS) is 9.85. The summed E-state index contributed by atoms with van der Waals surface area (Å²) in [4.78, 5) is 7.83. The van der Waals surface area contributed by atoms with Crippen molar-refractivity contribution in [2.45, 2.75) is 6.61 Å². The van der Waals surface area contributed by atoms with Crippen LogP contribution in [0.15, 0.2) is 41.4 Å². The lowest BCUT2D eigenvalue weighted by Gasteiger charge is -2.00. The van der Waals surface area contributed by atoms with Crippen LogP contribution in [0.25, 0.3) is 0 Å². The van der Waals surface area contributed by atoms with Crippen LogP contribution in [0.3, 0.4) is 0 Å². The molecule has 0 aliphatic carbocycles. The molecule has 0 spiro atoms. The molecule has 0 atom stereocenters. The van der Waals surface area contributed by atoms with Gasteiger partial charge < -0.3 is 9.15 Å². The van der Waals surface area contributed by atoms with Crippen LogP contribution in [0.5, 0.6) is 5.75 Å². The van der Waals surface area contributed by atoms with E-state index in [1.54, 1.807) is 18.6 Å². The molecule has 0 amide bonds. The summed E-state index contributed by atoms with van der Waals surface area (Å²) in [6.07, 6.45) is 6.44. The van der Waals surface area contributed by atoms with Crippen LogP contribution in [0.2, 0.25) is 0 Å². The number of hydrogen-bond donors (Lipinski definition) is 0. The fourth-order valence-electron chi connectivity index (χ4n) is 0.902. The first-order valence-electron chi connectivity index (χ1n) is 3.86. The predicted molar refractivity (Wildman–Crippen MR) is 45.1 cm³/mol. The molecule has 0 saturated carbocycles. The smallest absolute Gasteiger partial charge is 0.232 e. The third-order valence-corrected chi connectivity index (χ3v) is 1.48. The number of oxazole rings is 1. The van der Waals surface area contributed by atoms with Crippen molar-refractivity contribution in [3.05, 3.63) is 42.9 Å². The van der Waals surface area contributed by atoms with Gasteiger partial charge in [0.1, 0.15) is 12.0 Å². The van der Waals surface area contributed by atoms with Gasteiger partial charge in [-0.15, -0.1) is 0 Å². The summed E-state index contributed by atoms with van der Waals surface area (Å²) in [5, 5.41) is 0. The van der Waals surface area contributed by atoms with Gasteiger partial charge in [0.25, 0.3) is 0 Å². The van der Waals surface area contributed by atoms with Crippen LogP contribution in [-0.2, 0) is 6.61 Å². The van der Waals surface area contributed by atoms with Crippen molar-refractivity contribution >= 4 is 0 Å². The van der Waals surface area contributed by atoms with E-state index in [2.05, 4.69) is 9.97 Å². The van der Waals surface area contributed by atoms with E-state index in [9.17, 15) is 0 Å². The Kier molecular flexibility index (Phi) is 2.22. The van der Waals surface area contributed by atoms with Gasteiger partial charge in [-0.05, 0) is 12.1 Å². The summed E-state index contributed by atoms with van der Waals surface area (Å²) >= 11 is 0. The number of rotatable bonds is 3. The topological polar surface area (TPSA) is 48.2 Å². The maximum atomic E-state index is 5.33. The molecular formula is C9H8N2O2. The quantitative estimate of drug-likeness (QED) is 0.713. The number of ether oxygens (including phenoxy) is 1. The van der Waals surface area contributed by atoms with Crippen molar-refractivity contribution < 1.29 is 9.15 Å². The van der Waals surface area contributed by atoms with E-state index in [0.717, 1.165) is 0 Å². The zero-order valence-corrected chi connectivity index (χ0v) is 6.88. The molecule has 4 heteroatoms. The Morgan fingerprint density at radius 1 is 1.38 bits per heavy atom. The third kappa shape index (κ3) is 2.05. The first kappa shape index (κ1) is 7.79. The van der Waals surface area contributed by atoms with Crippen molar-refractivity contribution in [2.75, 3.05) is 0 Å². The van der Waals surface area contributed by atoms with Crippen molar-refractivity contribution in [3.8, 4) is 5.75 Å². The van der Waals surface area contributed by atoms with E-state index in [4.69, 9.17) is 9.15 Å². The number of aromatic nitrogens is 2. The number of nitrogens with zero attached hydrogens (tertiary/aromatic N) is 2. The van der Waals surface area contributed by atoms with Gasteiger partial charge in [-0.3, -0.25) is 4.98 Å². The van der Waals surface area contributed by atoms with Gasteiger partial charge in [-0.25, -0.2) is 4.98 Å². The Bertz CT molecular complexity index is 345. The Morgan fingerprint density at radius 3 is 3.08 bits per heavy atom. The average Bonchev–Trinajstić information content (AvgIpc) is 2.69. The second-order valence-corrected chi connectivity index (χ2v) is 2.40. The number of hydrogen-bond acceptors (Lipinski definition) is 4. The molecule has 0 aromatic carbocycles. The van der Waals surface area contributed by atoms with E-state index < -0.39 is 0 Å². The molecule has 4 nitrogen and oxygen atoms in total. The Balaban J connectivity index is 1.94. The monoisotopic (exact) mass is 176 g/mol. The molecule has 0 saturated heterocycles. The first-order chi connectivity index (χ1) is 6.45. The van der Waals surface area contributed by atoms with E-state index in [-0.39, 0.29) is 0 Å². The zero-order valence-electron chi connectivity index (χ0n) is 6.88. The van der Waals surface area contributed by atoms with Crippen LogP contribution in [0.4, 0.5) is 0 Å². The highest BCUT2D eigenvalue weighted by atomic mass is 16.5.